The van der Waals surface area contributed by atoms with Gasteiger partial charge in [0.25, 0.3) is 0 Å². The summed E-state index contributed by atoms with van der Waals surface area (Å²) in [5.74, 6) is 1.03. The largest absolute Gasteiger partial charge is 0.339 e. The fourth-order valence-corrected chi connectivity index (χ4v) is 3.25. The first-order valence-electron chi connectivity index (χ1n) is 6.27. The first kappa shape index (κ1) is 16.3. The van der Waals surface area contributed by atoms with Gasteiger partial charge in [-0.2, -0.15) is 11.8 Å². The van der Waals surface area contributed by atoms with Crippen molar-refractivity contribution in [3.8, 4) is 0 Å². The molecule has 19 heavy (non-hydrogen) atoms. The van der Waals surface area contributed by atoms with Crippen molar-refractivity contribution in [2.45, 2.75) is 24.6 Å². The number of carbonyl (C=O) groups excluding carboxylic acids is 1. The Labute approximate surface area is 125 Å². The van der Waals surface area contributed by atoms with Crippen LogP contribution in [0.5, 0.6) is 0 Å². The summed E-state index contributed by atoms with van der Waals surface area (Å²) in [5.41, 5.74) is 6.21. The molecule has 106 valence electrons. The molecule has 0 spiro atoms. The molecule has 2 unspecified atom stereocenters. The topological polar surface area (TPSA) is 46.3 Å². The summed E-state index contributed by atoms with van der Waals surface area (Å²) in [6, 6.07) is 9.61. The molecule has 1 amide bonds. The van der Waals surface area contributed by atoms with E-state index in [9.17, 15) is 4.79 Å². The van der Waals surface area contributed by atoms with E-state index in [2.05, 4.69) is 6.92 Å². The fourth-order valence-electron chi connectivity index (χ4n) is 2.24. The van der Waals surface area contributed by atoms with E-state index >= 15 is 0 Å². The monoisotopic (exact) mass is 300 g/mol. The van der Waals surface area contributed by atoms with Crippen molar-refractivity contribution in [3.05, 3.63) is 35.9 Å². The van der Waals surface area contributed by atoms with Gasteiger partial charge < -0.3 is 10.6 Å². The zero-order valence-electron chi connectivity index (χ0n) is 11.3. The van der Waals surface area contributed by atoms with Crippen molar-refractivity contribution in [2.24, 2.45) is 5.73 Å². The Morgan fingerprint density at radius 1 is 1.42 bits per heavy atom. The SMILES string of the molecule is CC1CN(C(=O)C(C)(N)c2ccccc2)CCS1.Cl. The molecule has 1 aliphatic rings. The van der Waals surface area contributed by atoms with Crippen molar-refractivity contribution in [1.29, 1.82) is 0 Å². The van der Waals surface area contributed by atoms with Crippen LogP contribution in [0.25, 0.3) is 0 Å². The molecule has 3 nitrogen and oxygen atoms in total. The minimum atomic E-state index is -0.928. The molecule has 2 N–H and O–H groups in total. The van der Waals surface area contributed by atoms with Gasteiger partial charge in [0.2, 0.25) is 5.91 Å². The van der Waals surface area contributed by atoms with Gasteiger partial charge in [-0.1, -0.05) is 37.3 Å². The van der Waals surface area contributed by atoms with Crippen LogP contribution in [-0.4, -0.2) is 34.9 Å². The molecule has 1 aromatic rings. The van der Waals surface area contributed by atoms with Crippen molar-refractivity contribution >= 4 is 30.1 Å². The highest BCUT2D eigenvalue weighted by Crippen LogP contribution is 2.24. The molecule has 2 rings (SSSR count). The van der Waals surface area contributed by atoms with Crippen LogP contribution in [0.3, 0.4) is 0 Å². The molecule has 0 aromatic heterocycles. The Balaban J connectivity index is 0.00000180. The predicted octanol–water partition coefficient (Wildman–Crippen LogP) is 2.25. The second-order valence-electron chi connectivity index (χ2n) is 5.00. The Bertz CT molecular complexity index is 425. The van der Waals surface area contributed by atoms with Crippen LogP contribution in [0.15, 0.2) is 30.3 Å². The lowest BCUT2D eigenvalue weighted by Gasteiger charge is -2.36. The van der Waals surface area contributed by atoms with Gasteiger partial charge in [-0.05, 0) is 12.5 Å². The molecule has 5 heteroatoms. The number of rotatable bonds is 2. The summed E-state index contributed by atoms with van der Waals surface area (Å²) in [7, 11) is 0. The summed E-state index contributed by atoms with van der Waals surface area (Å²) in [6.07, 6.45) is 0. The number of benzene rings is 1. The minimum Gasteiger partial charge on any atom is -0.339 e. The lowest BCUT2D eigenvalue weighted by molar-refractivity contribution is -0.136. The van der Waals surface area contributed by atoms with Gasteiger partial charge in [0.05, 0.1) is 0 Å². The Morgan fingerprint density at radius 2 is 2.05 bits per heavy atom. The highest BCUT2D eigenvalue weighted by molar-refractivity contribution is 7.99. The summed E-state index contributed by atoms with van der Waals surface area (Å²) < 4.78 is 0. The number of hydrogen-bond donors (Lipinski definition) is 1. The number of carbonyl (C=O) groups is 1. The average Bonchev–Trinajstić information content (AvgIpc) is 2.39. The molecule has 0 aliphatic carbocycles. The van der Waals surface area contributed by atoms with Gasteiger partial charge in [0, 0.05) is 24.1 Å². The van der Waals surface area contributed by atoms with Crippen LogP contribution in [-0.2, 0) is 10.3 Å². The van der Waals surface area contributed by atoms with Crippen molar-refractivity contribution in [2.75, 3.05) is 18.8 Å². The van der Waals surface area contributed by atoms with Crippen molar-refractivity contribution in [1.82, 2.24) is 4.90 Å². The Kier molecular flexibility index (Phi) is 5.71. The quantitative estimate of drug-likeness (QED) is 0.911. The number of thioether (sulfide) groups is 1. The molecular weight excluding hydrogens is 280 g/mol. The number of nitrogens with two attached hydrogens (primary N) is 1. The fraction of sp³-hybridized carbons (Fsp3) is 0.500. The van der Waals surface area contributed by atoms with E-state index in [0.29, 0.717) is 5.25 Å². The minimum absolute atomic E-state index is 0. The van der Waals surface area contributed by atoms with Crippen LogP contribution in [0, 0.1) is 0 Å². The third-order valence-electron chi connectivity index (χ3n) is 3.35. The van der Waals surface area contributed by atoms with Crippen LogP contribution in [0.1, 0.15) is 19.4 Å². The summed E-state index contributed by atoms with van der Waals surface area (Å²) in [6.45, 7) is 5.55. The first-order chi connectivity index (χ1) is 8.51. The molecule has 1 aromatic carbocycles. The smallest absolute Gasteiger partial charge is 0.247 e. The van der Waals surface area contributed by atoms with Gasteiger partial charge in [-0.25, -0.2) is 0 Å². The van der Waals surface area contributed by atoms with Crippen molar-refractivity contribution < 1.29 is 4.79 Å². The van der Waals surface area contributed by atoms with E-state index < -0.39 is 5.54 Å². The van der Waals surface area contributed by atoms with E-state index in [4.69, 9.17) is 5.73 Å². The molecule has 0 bridgehead atoms. The number of amides is 1. The standard InChI is InChI=1S/C14H20N2OS.ClH/c1-11-10-16(8-9-18-11)13(17)14(2,15)12-6-4-3-5-7-12;/h3-7,11H,8-10,15H2,1-2H3;1H. The third kappa shape index (κ3) is 3.65. The zero-order chi connectivity index (χ0) is 13.2. The average molecular weight is 301 g/mol. The van der Waals surface area contributed by atoms with Gasteiger partial charge >= 0.3 is 0 Å². The summed E-state index contributed by atoms with van der Waals surface area (Å²) in [5, 5.41) is 0.495. The maximum atomic E-state index is 12.6. The van der Waals surface area contributed by atoms with Gasteiger partial charge in [0.15, 0.2) is 0 Å². The van der Waals surface area contributed by atoms with Gasteiger partial charge in [0.1, 0.15) is 5.54 Å². The maximum absolute atomic E-state index is 12.6. The van der Waals surface area contributed by atoms with Crippen LogP contribution < -0.4 is 5.73 Å². The summed E-state index contributed by atoms with van der Waals surface area (Å²) in [4.78, 5) is 14.5. The van der Waals surface area contributed by atoms with E-state index in [0.717, 1.165) is 24.4 Å². The van der Waals surface area contributed by atoms with E-state index in [1.165, 1.54) is 0 Å². The zero-order valence-corrected chi connectivity index (χ0v) is 13.0. The number of halogens is 1. The van der Waals surface area contributed by atoms with E-state index in [1.54, 1.807) is 6.92 Å². The van der Waals surface area contributed by atoms with Crippen molar-refractivity contribution in [3.63, 3.8) is 0 Å². The first-order valence-corrected chi connectivity index (χ1v) is 7.32. The second kappa shape index (κ2) is 6.64. The Hall–Kier alpha value is -0.710. The number of hydrogen-bond acceptors (Lipinski definition) is 3. The van der Waals surface area contributed by atoms with E-state index in [-0.39, 0.29) is 18.3 Å². The van der Waals surface area contributed by atoms with Gasteiger partial charge in [-0.3, -0.25) is 4.79 Å². The van der Waals surface area contributed by atoms with Gasteiger partial charge in [-0.15, -0.1) is 12.4 Å². The Morgan fingerprint density at radius 3 is 2.63 bits per heavy atom. The van der Waals surface area contributed by atoms with E-state index in [1.807, 2.05) is 47.0 Å². The molecule has 1 saturated heterocycles. The second-order valence-corrected chi connectivity index (χ2v) is 6.55. The normalized spacial score (nSPS) is 22.3. The lowest BCUT2D eigenvalue weighted by atomic mass is 9.91. The van der Waals surface area contributed by atoms with Crippen LogP contribution in [0.4, 0.5) is 0 Å². The molecule has 0 saturated carbocycles. The predicted molar refractivity (Wildman–Crippen MR) is 83.7 cm³/mol. The molecular formula is C14H21ClN2OS. The molecule has 1 heterocycles. The molecule has 0 radical (unpaired) electrons. The highest BCUT2D eigenvalue weighted by Gasteiger charge is 2.35. The maximum Gasteiger partial charge on any atom is 0.247 e. The van der Waals surface area contributed by atoms with Crippen LogP contribution in [0.2, 0.25) is 0 Å². The van der Waals surface area contributed by atoms with Crippen LogP contribution >= 0.6 is 24.2 Å². The third-order valence-corrected chi connectivity index (χ3v) is 4.48. The lowest BCUT2D eigenvalue weighted by Crippen LogP contribution is -2.54. The number of nitrogens with zero attached hydrogens (tertiary/aromatic N) is 1. The highest BCUT2D eigenvalue weighted by atomic mass is 35.5. The summed E-state index contributed by atoms with van der Waals surface area (Å²) >= 11 is 1.91. The molecule has 2 atom stereocenters. The molecule has 1 aliphatic heterocycles. The molecule has 1 fully saturated rings.